The first-order chi connectivity index (χ1) is 11.3. The summed E-state index contributed by atoms with van der Waals surface area (Å²) < 4.78 is 28.0. The van der Waals surface area contributed by atoms with E-state index < -0.39 is 10.0 Å². The van der Waals surface area contributed by atoms with Gasteiger partial charge in [-0.1, -0.05) is 32.9 Å². The highest BCUT2D eigenvalue weighted by Gasteiger charge is 2.31. The molecule has 24 heavy (non-hydrogen) atoms. The molecule has 0 saturated carbocycles. The molecule has 1 aromatic rings. The Morgan fingerprint density at radius 1 is 1.21 bits per heavy atom. The standard InChI is InChI=1S/C19H32N2O2S/c1-6-16-7-8-19(17(14-16)13-15(2)3)24(22,23)21-11-9-18(10-12-21)20(4)5/h7-8,14-15,18H,6,9-13H2,1-5H3. The summed E-state index contributed by atoms with van der Waals surface area (Å²) in [6.07, 6.45) is 3.54. The van der Waals surface area contributed by atoms with Gasteiger partial charge < -0.3 is 4.90 Å². The highest BCUT2D eigenvalue weighted by Crippen LogP contribution is 2.27. The maximum absolute atomic E-state index is 13.2. The van der Waals surface area contributed by atoms with Crippen molar-refractivity contribution >= 4 is 10.0 Å². The fourth-order valence-corrected chi connectivity index (χ4v) is 5.13. The summed E-state index contributed by atoms with van der Waals surface area (Å²) >= 11 is 0. The number of benzene rings is 1. The van der Waals surface area contributed by atoms with Crippen molar-refractivity contribution in [3.8, 4) is 0 Å². The maximum Gasteiger partial charge on any atom is 0.243 e. The SMILES string of the molecule is CCc1ccc(S(=O)(=O)N2CCC(N(C)C)CC2)c(CC(C)C)c1. The van der Waals surface area contributed by atoms with Gasteiger partial charge in [0.25, 0.3) is 0 Å². The molecular formula is C19H32N2O2S. The van der Waals surface area contributed by atoms with E-state index in [1.165, 1.54) is 5.56 Å². The van der Waals surface area contributed by atoms with Gasteiger partial charge in [-0.15, -0.1) is 0 Å². The first-order valence-electron chi connectivity index (χ1n) is 9.04. The van der Waals surface area contributed by atoms with Gasteiger partial charge in [0.2, 0.25) is 10.0 Å². The Balaban J connectivity index is 2.29. The van der Waals surface area contributed by atoms with Gasteiger partial charge in [0, 0.05) is 19.1 Å². The van der Waals surface area contributed by atoms with Crippen LogP contribution in [0.4, 0.5) is 0 Å². The Hall–Kier alpha value is -0.910. The molecule has 0 radical (unpaired) electrons. The zero-order valence-electron chi connectivity index (χ0n) is 15.7. The molecule has 0 amide bonds. The first-order valence-corrected chi connectivity index (χ1v) is 10.5. The number of sulfonamides is 1. The minimum absolute atomic E-state index is 0.436. The molecule has 0 spiro atoms. The van der Waals surface area contributed by atoms with Gasteiger partial charge in [-0.2, -0.15) is 4.31 Å². The average molecular weight is 353 g/mol. The normalized spacial score (nSPS) is 17.8. The molecule has 1 aliphatic rings. The van der Waals surface area contributed by atoms with Gasteiger partial charge in [0.1, 0.15) is 0 Å². The minimum atomic E-state index is -3.40. The van der Waals surface area contributed by atoms with Crippen molar-refractivity contribution in [1.29, 1.82) is 0 Å². The molecule has 1 aliphatic heterocycles. The van der Waals surface area contributed by atoms with E-state index in [4.69, 9.17) is 0 Å². The van der Waals surface area contributed by atoms with E-state index in [0.29, 0.717) is 29.9 Å². The lowest BCUT2D eigenvalue weighted by atomic mass is 10.0. The average Bonchev–Trinajstić information content (AvgIpc) is 2.54. The molecule has 1 saturated heterocycles. The predicted molar refractivity (Wildman–Crippen MR) is 99.8 cm³/mol. The van der Waals surface area contributed by atoms with Crippen LogP contribution in [0.1, 0.15) is 44.7 Å². The predicted octanol–water partition coefficient (Wildman–Crippen LogP) is 3.16. The third kappa shape index (κ3) is 4.38. The van der Waals surface area contributed by atoms with Gasteiger partial charge >= 0.3 is 0 Å². The van der Waals surface area contributed by atoms with Crippen LogP contribution in [0.25, 0.3) is 0 Å². The van der Waals surface area contributed by atoms with Gasteiger partial charge in [-0.25, -0.2) is 8.42 Å². The Morgan fingerprint density at radius 3 is 2.33 bits per heavy atom. The zero-order chi connectivity index (χ0) is 17.9. The lowest BCUT2D eigenvalue weighted by molar-refractivity contribution is 0.196. The maximum atomic E-state index is 13.2. The Bertz CT molecular complexity index is 645. The molecule has 136 valence electrons. The minimum Gasteiger partial charge on any atom is -0.306 e. The number of piperidine rings is 1. The molecule has 0 N–H and O–H groups in total. The van der Waals surface area contributed by atoms with E-state index in [1.54, 1.807) is 4.31 Å². The number of rotatable bonds is 6. The fraction of sp³-hybridized carbons (Fsp3) is 0.684. The monoisotopic (exact) mass is 352 g/mol. The van der Waals surface area contributed by atoms with Crippen molar-refractivity contribution in [2.45, 2.75) is 57.4 Å². The second-order valence-corrected chi connectivity index (χ2v) is 9.40. The summed E-state index contributed by atoms with van der Waals surface area (Å²) in [7, 11) is 0.739. The molecule has 0 atom stereocenters. The highest BCUT2D eigenvalue weighted by atomic mass is 32.2. The van der Waals surface area contributed by atoms with Crippen LogP contribution < -0.4 is 0 Å². The van der Waals surface area contributed by atoms with E-state index in [2.05, 4.69) is 45.8 Å². The first kappa shape index (κ1) is 19.4. The van der Waals surface area contributed by atoms with E-state index in [9.17, 15) is 8.42 Å². The Morgan fingerprint density at radius 2 is 1.83 bits per heavy atom. The number of aryl methyl sites for hydroxylation is 1. The van der Waals surface area contributed by atoms with Crippen molar-refractivity contribution in [2.24, 2.45) is 5.92 Å². The second kappa shape index (κ2) is 7.98. The molecule has 2 rings (SSSR count). The van der Waals surface area contributed by atoms with Crippen LogP contribution in [0.5, 0.6) is 0 Å². The van der Waals surface area contributed by atoms with Crippen LogP contribution in [0.2, 0.25) is 0 Å². The lowest BCUT2D eigenvalue weighted by Crippen LogP contribution is -2.44. The number of nitrogens with zero attached hydrogens (tertiary/aromatic N) is 2. The van der Waals surface area contributed by atoms with Crippen LogP contribution >= 0.6 is 0 Å². The van der Waals surface area contributed by atoms with Crippen LogP contribution in [-0.4, -0.2) is 50.8 Å². The number of hydrogen-bond acceptors (Lipinski definition) is 3. The van der Waals surface area contributed by atoms with Crippen molar-refractivity contribution in [3.05, 3.63) is 29.3 Å². The smallest absolute Gasteiger partial charge is 0.243 e. The van der Waals surface area contributed by atoms with Crippen molar-refractivity contribution in [1.82, 2.24) is 9.21 Å². The van der Waals surface area contributed by atoms with Crippen LogP contribution in [-0.2, 0) is 22.9 Å². The molecule has 1 heterocycles. The summed E-state index contributed by atoms with van der Waals surface area (Å²) in [5, 5.41) is 0. The summed E-state index contributed by atoms with van der Waals surface area (Å²) in [5.41, 5.74) is 2.18. The molecule has 0 aromatic heterocycles. The van der Waals surface area contributed by atoms with Gasteiger partial charge in [0.05, 0.1) is 4.90 Å². The van der Waals surface area contributed by atoms with Gasteiger partial charge in [-0.05, 0) is 62.9 Å². The summed E-state index contributed by atoms with van der Waals surface area (Å²) in [4.78, 5) is 2.71. The summed E-state index contributed by atoms with van der Waals surface area (Å²) in [6, 6.07) is 6.35. The molecule has 0 aliphatic carbocycles. The van der Waals surface area contributed by atoms with Crippen LogP contribution in [0.15, 0.2) is 23.1 Å². The third-order valence-corrected chi connectivity index (χ3v) is 6.93. The van der Waals surface area contributed by atoms with E-state index in [-0.39, 0.29) is 0 Å². The van der Waals surface area contributed by atoms with Crippen molar-refractivity contribution in [3.63, 3.8) is 0 Å². The molecule has 1 aromatic carbocycles. The van der Waals surface area contributed by atoms with E-state index in [1.807, 2.05) is 12.1 Å². The van der Waals surface area contributed by atoms with E-state index >= 15 is 0 Å². The largest absolute Gasteiger partial charge is 0.306 e. The van der Waals surface area contributed by atoms with Gasteiger partial charge in [-0.3, -0.25) is 0 Å². The Labute approximate surface area is 147 Å². The molecule has 0 bridgehead atoms. The lowest BCUT2D eigenvalue weighted by Gasteiger charge is -2.34. The summed E-state index contributed by atoms with van der Waals surface area (Å²) in [5.74, 6) is 0.436. The van der Waals surface area contributed by atoms with Crippen LogP contribution in [0.3, 0.4) is 0 Å². The van der Waals surface area contributed by atoms with E-state index in [0.717, 1.165) is 31.2 Å². The molecular weight excluding hydrogens is 320 g/mol. The second-order valence-electron chi connectivity index (χ2n) is 7.49. The third-order valence-electron chi connectivity index (χ3n) is 4.93. The van der Waals surface area contributed by atoms with Crippen molar-refractivity contribution < 1.29 is 8.42 Å². The highest BCUT2D eigenvalue weighted by molar-refractivity contribution is 7.89. The molecule has 5 heteroatoms. The topological polar surface area (TPSA) is 40.6 Å². The fourth-order valence-electron chi connectivity index (χ4n) is 3.44. The Kier molecular flexibility index (Phi) is 6.46. The van der Waals surface area contributed by atoms with Crippen molar-refractivity contribution in [2.75, 3.05) is 27.2 Å². The quantitative estimate of drug-likeness (QED) is 0.789. The number of hydrogen-bond donors (Lipinski definition) is 0. The molecule has 1 fully saturated rings. The summed E-state index contributed by atoms with van der Waals surface area (Å²) in [6.45, 7) is 7.60. The van der Waals surface area contributed by atoms with Gasteiger partial charge in [0.15, 0.2) is 0 Å². The van der Waals surface area contributed by atoms with Crippen LogP contribution in [0, 0.1) is 5.92 Å². The zero-order valence-corrected chi connectivity index (χ0v) is 16.6. The molecule has 4 nitrogen and oxygen atoms in total. The molecule has 0 unspecified atom stereocenters.